The van der Waals surface area contributed by atoms with Gasteiger partial charge in [0, 0.05) is 0 Å². The summed E-state index contributed by atoms with van der Waals surface area (Å²) in [5, 5.41) is 0.731. The van der Waals surface area contributed by atoms with Crippen LogP contribution in [0.1, 0.15) is 39.5 Å². The van der Waals surface area contributed by atoms with Crippen LogP contribution in [-0.4, -0.2) is 17.6 Å². The number of rotatable bonds is 9. The first-order valence-electron chi connectivity index (χ1n) is 6.69. The highest BCUT2D eigenvalue weighted by Crippen LogP contribution is 2.16. The lowest BCUT2D eigenvalue weighted by atomic mass is 10.2. The molecule has 0 bridgehead atoms. The van der Waals surface area contributed by atoms with E-state index >= 15 is 0 Å². The standard InChI is InChI=1S/C15H23FOS/c1-13(2)18-12-8-4-3-7-11-17-15-10-6-5-9-14(15)16/h5-6,9-10,13H,3-4,7-8,11-12H2,1-2H3. The number of thioether (sulfide) groups is 1. The SMILES string of the molecule is CC(C)SCCCCCCOc1ccccc1F. The van der Waals surface area contributed by atoms with Gasteiger partial charge in [0.05, 0.1) is 6.61 Å². The Balaban J connectivity index is 1.98. The molecule has 0 N–H and O–H groups in total. The van der Waals surface area contributed by atoms with Gasteiger partial charge in [-0.2, -0.15) is 11.8 Å². The van der Waals surface area contributed by atoms with Crippen LogP contribution in [0.25, 0.3) is 0 Å². The van der Waals surface area contributed by atoms with Crippen molar-refractivity contribution < 1.29 is 9.13 Å². The van der Waals surface area contributed by atoms with Gasteiger partial charge in [-0.3, -0.25) is 0 Å². The highest BCUT2D eigenvalue weighted by atomic mass is 32.2. The molecule has 1 rings (SSSR count). The van der Waals surface area contributed by atoms with Crippen LogP contribution in [0.5, 0.6) is 5.75 Å². The molecule has 0 spiro atoms. The molecule has 0 heterocycles. The van der Waals surface area contributed by atoms with Gasteiger partial charge < -0.3 is 4.74 Å². The van der Waals surface area contributed by atoms with Gasteiger partial charge in [-0.25, -0.2) is 4.39 Å². The van der Waals surface area contributed by atoms with Crippen LogP contribution in [0.4, 0.5) is 4.39 Å². The van der Waals surface area contributed by atoms with Gasteiger partial charge in [0.25, 0.3) is 0 Å². The van der Waals surface area contributed by atoms with Gasteiger partial charge >= 0.3 is 0 Å². The topological polar surface area (TPSA) is 9.23 Å². The first kappa shape index (κ1) is 15.4. The molecule has 0 saturated heterocycles. The molecular weight excluding hydrogens is 247 g/mol. The molecule has 0 radical (unpaired) electrons. The summed E-state index contributed by atoms with van der Waals surface area (Å²) in [7, 11) is 0. The number of benzene rings is 1. The third kappa shape index (κ3) is 6.90. The third-order valence-corrected chi connectivity index (χ3v) is 3.78. The quantitative estimate of drug-likeness (QED) is 0.590. The number of hydrogen-bond acceptors (Lipinski definition) is 2. The highest BCUT2D eigenvalue weighted by molar-refractivity contribution is 7.99. The van der Waals surface area contributed by atoms with E-state index < -0.39 is 0 Å². The van der Waals surface area contributed by atoms with Crippen LogP contribution >= 0.6 is 11.8 Å². The van der Waals surface area contributed by atoms with Crippen molar-refractivity contribution in [1.82, 2.24) is 0 Å². The fraction of sp³-hybridized carbons (Fsp3) is 0.600. The summed E-state index contributed by atoms with van der Waals surface area (Å²) in [5.74, 6) is 1.34. The smallest absolute Gasteiger partial charge is 0.165 e. The van der Waals surface area contributed by atoms with Crippen LogP contribution < -0.4 is 4.74 Å². The van der Waals surface area contributed by atoms with Gasteiger partial charge in [-0.15, -0.1) is 0 Å². The van der Waals surface area contributed by atoms with Crippen molar-refractivity contribution in [2.24, 2.45) is 0 Å². The first-order chi connectivity index (χ1) is 8.70. The minimum absolute atomic E-state index is 0.272. The van der Waals surface area contributed by atoms with Crippen molar-refractivity contribution in [2.75, 3.05) is 12.4 Å². The molecule has 0 aliphatic carbocycles. The molecule has 0 saturated carbocycles. The summed E-state index contributed by atoms with van der Waals surface area (Å²) in [6, 6.07) is 6.57. The normalized spacial score (nSPS) is 10.9. The molecule has 0 aliphatic heterocycles. The van der Waals surface area contributed by atoms with Gasteiger partial charge in [0.1, 0.15) is 0 Å². The van der Waals surface area contributed by atoms with Crippen molar-refractivity contribution in [1.29, 1.82) is 0 Å². The lowest BCUT2D eigenvalue weighted by Gasteiger charge is -2.07. The van der Waals surface area contributed by atoms with Gasteiger partial charge in [-0.05, 0) is 36.0 Å². The number of hydrogen-bond donors (Lipinski definition) is 0. The Hall–Kier alpha value is -0.700. The minimum Gasteiger partial charge on any atom is -0.491 e. The molecule has 3 heteroatoms. The predicted octanol–water partition coefficient (Wildman–Crippen LogP) is 4.91. The molecule has 0 aromatic heterocycles. The van der Waals surface area contributed by atoms with Crippen LogP contribution in [0.15, 0.2) is 24.3 Å². The average molecular weight is 270 g/mol. The molecule has 102 valence electrons. The maximum atomic E-state index is 13.2. The van der Waals surface area contributed by atoms with Crippen molar-refractivity contribution >= 4 is 11.8 Å². The first-order valence-corrected chi connectivity index (χ1v) is 7.74. The average Bonchev–Trinajstić information content (AvgIpc) is 2.34. The van der Waals surface area contributed by atoms with E-state index in [1.54, 1.807) is 18.2 Å². The molecular formula is C15H23FOS. The molecule has 0 aliphatic rings. The van der Waals surface area contributed by atoms with Crippen LogP contribution in [0.3, 0.4) is 0 Å². The number of para-hydroxylation sites is 1. The van der Waals surface area contributed by atoms with E-state index in [0.717, 1.165) is 18.1 Å². The molecule has 0 atom stereocenters. The Morgan fingerprint density at radius 3 is 2.56 bits per heavy atom. The second kappa shape index (κ2) is 9.26. The summed E-state index contributed by atoms with van der Waals surface area (Å²) >= 11 is 2.01. The lowest BCUT2D eigenvalue weighted by molar-refractivity contribution is 0.290. The fourth-order valence-corrected chi connectivity index (χ4v) is 2.46. The Morgan fingerprint density at radius 2 is 1.83 bits per heavy atom. The monoisotopic (exact) mass is 270 g/mol. The van der Waals surface area contributed by atoms with E-state index in [2.05, 4.69) is 13.8 Å². The molecule has 18 heavy (non-hydrogen) atoms. The maximum absolute atomic E-state index is 13.2. The van der Waals surface area contributed by atoms with Crippen molar-refractivity contribution in [3.05, 3.63) is 30.1 Å². The summed E-state index contributed by atoms with van der Waals surface area (Å²) in [4.78, 5) is 0. The lowest BCUT2D eigenvalue weighted by Crippen LogP contribution is -1.99. The minimum atomic E-state index is -0.272. The van der Waals surface area contributed by atoms with E-state index in [9.17, 15) is 4.39 Å². The van der Waals surface area contributed by atoms with E-state index in [4.69, 9.17) is 4.74 Å². The van der Waals surface area contributed by atoms with Crippen LogP contribution in [0, 0.1) is 5.82 Å². The molecule has 1 nitrogen and oxygen atoms in total. The van der Waals surface area contributed by atoms with Crippen LogP contribution in [-0.2, 0) is 0 Å². The van der Waals surface area contributed by atoms with E-state index in [0.29, 0.717) is 12.4 Å². The Morgan fingerprint density at radius 1 is 1.11 bits per heavy atom. The highest BCUT2D eigenvalue weighted by Gasteiger charge is 2.00. The van der Waals surface area contributed by atoms with Crippen molar-refractivity contribution in [3.63, 3.8) is 0 Å². The largest absolute Gasteiger partial charge is 0.491 e. The summed E-state index contributed by atoms with van der Waals surface area (Å²) < 4.78 is 18.6. The predicted molar refractivity (Wildman–Crippen MR) is 78.0 cm³/mol. The number of unbranched alkanes of at least 4 members (excludes halogenated alkanes) is 3. The molecule has 0 unspecified atom stereocenters. The molecule has 0 fully saturated rings. The second-order valence-electron chi connectivity index (χ2n) is 4.61. The van der Waals surface area contributed by atoms with Crippen molar-refractivity contribution in [3.8, 4) is 5.75 Å². The second-order valence-corrected chi connectivity index (χ2v) is 6.30. The summed E-state index contributed by atoms with van der Waals surface area (Å²) in [6.45, 7) is 5.07. The van der Waals surface area contributed by atoms with E-state index in [-0.39, 0.29) is 5.82 Å². The Bertz CT molecular complexity index is 328. The summed E-state index contributed by atoms with van der Waals surface area (Å²) in [5.41, 5.74) is 0. The zero-order chi connectivity index (χ0) is 13.2. The maximum Gasteiger partial charge on any atom is 0.165 e. The van der Waals surface area contributed by atoms with E-state index in [1.165, 1.54) is 24.7 Å². The van der Waals surface area contributed by atoms with Crippen molar-refractivity contribution in [2.45, 2.75) is 44.8 Å². The zero-order valence-corrected chi connectivity index (χ0v) is 12.1. The molecule has 0 amide bonds. The van der Waals surface area contributed by atoms with Gasteiger partial charge in [0.2, 0.25) is 0 Å². The van der Waals surface area contributed by atoms with Gasteiger partial charge in [-0.1, -0.05) is 38.8 Å². The zero-order valence-electron chi connectivity index (χ0n) is 11.3. The number of halogens is 1. The van der Waals surface area contributed by atoms with E-state index in [1.807, 2.05) is 11.8 Å². The van der Waals surface area contributed by atoms with Gasteiger partial charge in [0.15, 0.2) is 11.6 Å². The Kier molecular flexibility index (Phi) is 7.90. The third-order valence-electron chi connectivity index (χ3n) is 2.58. The molecule has 1 aromatic rings. The Labute approximate surface area is 114 Å². The number of ether oxygens (including phenoxy) is 1. The fourth-order valence-electron chi connectivity index (χ4n) is 1.62. The van der Waals surface area contributed by atoms with Crippen LogP contribution in [0.2, 0.25) is 0 Å². The summed E-state index contributed by atoms with van der Waals surface area (Å²) in [6.07, 6.45) is 4.66. The molecule has 1 aromatic carbocycles.